The van der Waals surface area contributed by atoms with Crippen LogP contribution in [0.2, 0.25) is 5.02 Å². The van der Waals surface area contributed by atoms with E-state index in [0.717, 1.165) is 56.3 Å². The minimum Gasteiger partial charge on any atom is -0.493 e. The summed E-state index contributed by atoms with van der Waals surface area (Å²) in [5.41, 5.74) is 0.262. The SMILES string of the molecule is C[C@H]1CC[C@@H](COc2ccc(C(F)(F)F)cc2)CN1C[C@H](O)C1(c2ccc(Cl)cc2)CCC1. The molecule has 2 fully saturated rings. The number of piperidine rings is 1. The summed E-state index contributed by atoms with van der Waals surface area (Å²) < 4.78 is 44.1. The van der Waals surface area contributed by atoms with Crippen LogP contribution in [0.3, 0.4) is 0 Å². The van der Waals surface area contributed by atoms with Gasteiger partial charge >= 0.3 is 6.18 Å². The number of likely N-dealkylation sites (tertiary alicyclic amines) is 1. The smallest absolute Gasteiger partial charge is 0.416 e. The third-order valence-electron chi connectivity index (χ3n) is 7.49. The molecule has 1 aliphatic heterocycles. The van der Waals surface area contributed by atoms with Crippen LogP contribution in [0.25, 0.3) is 0 Å². The minimum atomic E-state index is -4.34. The van der Waals surface area contributed by atoms with E-state index in [1.54, 1.807) is 0 Å². The Morgan fingerprint density at radius 3 is 2.33 bits per heavy atom. The van der Waals surface area contributed by atoms with Crippen LogP contribution in [0.1, 0.15) is 50.2 Å². The zero-order valence-corrected chi connectivity index (χ0v) is 19.6. The van der Waals surface area contributed by atoms with Crippen molar-refractivity contribution in [3.8, 4) is 5.75 Å². The monoisotopic (exact) mass is 481 g/mol. The first-order chi connectivity index (χ1) is 15.7. The first kappa shape index (κ1) is 24.4. The van der Waals surface area contributed by atoms with Crippen molar-refractivity contribution in [3.05, 3.63) is 64.7 Å². The van der Waals surface area contributed by atoms with Gasteiger partial charge in [0.1, 0.15) is 5.75 Å². The van der Waals surface area contributed by atoms with Crippen molar-refractivity contribution in [2.45, 2.75) is 62.8 Å². The Labute approximate surface area is 198 Å². The Bertz CT molecular complexity index is 913. The standard InChI is InChI=1S/C26H31ClF3NO2/c1-18-3-4-19(17-33-23-11-7-21(8-12-23)26(28,29)30)15-31(18)16-24(32)25(13-2-14-25)20-5-9-22(27)10-6-20/h5-12,18-19,24,32H,2-4,13-17H2,1H3/t18-,19+,24-/m0/s1. The van der Waals surface area contributed by atoms with Crippen molar-refractivity contribution in [1.29, 1.82) is 0 Å². The van der Waals surface area contributed by atoms with Crippen molar-refractivity contribution in [2.24, 2.45) is 5.92 Å². The maximum absolute atomic E-state index is 12.7. The van der Waals surface area contributed by atoms with Gasteiger partial charge in [-0.3, -0.25) is 4.90 Å². The predicted molar refractivity (Wildman–Crippen MR) is 124 cm³/mol. The van der Waals surface area contributed by atoms with Crippen molar-refractivity contribution in [2.75, 3.05) is 19.7 Å². The molecule has 1 aliphatic carbocycles. The summed E-state index contributed by atoms with van der Waals surface area (Å²) in [6.07, 6.45) is 0.238. The molecule has 0 bridgehead atoms. The lowest BCUT2D eigenvalue weighted by Gasteiger charge is -2.49. The number of aliphatic hydroxyl groups excluding tert-OH is 1. The van der Waals surface area contributed by atoms with Crippen LogP contribution < -0.4 is 4.74 Å². The minimum absolute atomic E-state index is 0.214. The van der Waals surface area contributed by atoms with Crippen LogP contribution >= 0.6 is 11.6 Å². The first-order valence-corrected chi connectivity index (χ1v) is 12.0. The van der Waals surface area contributed by atoms with E-state index in [1.165, 1.54) is 12.1 Å². The highest BCUT2D eigenvalue weighted by atomic mass is 35.5. The molecular weight excluding hydrogens is 451 g/mol. The van der Waals surface area contributed by atoms with Gasteiger partial charge in [0, 0.05) is 35.5 Å². The Morgan fingerprint density at radius 2 is 1.76 bits per heavy atom. The first-order valence-electron chi connectivity index (χ1n) is 11.7. The molecule has 3 atom stereocenters. The maximum Gasteiger partial charge on any atom is 0.416 e. The molecule has 0 spiro atoms. The van der Waals surface area contributed by atoms with Crippen LogP contribution in [0.15, 0.2) is 48.5 Å². The highest BCUT2D eigenvalue weighted by Crippen LogP contribution is 2.47. The number of rotatable bonds is 7. The summed E-state index contributed by atoms with van der Waals surface area (Å²) in [6, 6.07) is 13.1. The largest absolute Gasteiger partial charge is 0.493 e. The summed E-state index contributed by atoms with van der Waals surface area (Å²) in [7, 11) is 0. The zero-order chi connectivity index (χ0) is 23.6. The summed E-state index contributed by atoms with van der Waals surface area (Å²) in [5.74, 6) is 0.716. The number of benzene rings is 2. The van der Waals surface area contributed by atoms with Crippen LogP contribution in [0.4, 0.5) is 13.2 Å². The molecule has 0 aromatic heterocycles. The average molecular weight is 482 g/mol. The molecule has 1 saturated heterocycles. The lowest BCUT2D eigenvalue weighted by Crippen LogP contribution is -2.54. The van der Waals surface area contributed by atoms with Crippen molar-refractivity contribution in [3.63, 3.8) is 0 Å². The van der Waals surface area contributed by atoms with Gasteiger partial charge in [0.05, 0.1) is 18.3 Å². The summed E-state index contributed by atoms with van der Waals surface area (Å²) in [6.45, 7) is 4.04. The average Bonchev–Trinajstić information content (AvgIpc) is 2.74. The number of halogens is 4. The van der Waals surface area contributed by atoms with Crippen molar-refractivity contribution in [1.82, 2.24) is 4.90 Å². The molecule has 7 heteroatoms. The van der Waals surface area contributed by atoms with E-state index in [1.807, 2.05) is 24.3 Å². The summed E-state index contributed by atoms with van der Waals surface area (Å²) in [4.78, 5) is 2.34. The van der Waals surface area contributed by atoms with Crippen LogP contribution in [-0.4, -0.2) is 41.8 Å². The van der Waals surface area contributed by atoms with E-state index in [4.69, 9.17) is 16.3 Å². The molecule has 4 rings (SSSR count). The molecule has 2 aromatic carbocycles. The molecule has 2 aliphatic rings. The second-order valence-corrected chi connectivity index (χ2v) is 10.0. The lowest BCUT2D eigenvalue weighted by atomic mass is 9.61. The number of ether oxygens (including phenoxy) is 1. The van der Waals surface area contributed by atoms with Gasteiger partial charge in [0.15, 0.2) is 0 Å². The van der Waals surface area contributed by atoms with Gasteiger partial charge in [0.2, 0.25) is 0 Å². The number of alkyl halides is 3. The Hall–Kier alpha value is -1.76. The van der Waals surface area contributed by atoms with Gasteiger partial charge < -0.3 is 9.84 Å². The fourth-order valence-electron chi connectivity index (χ4n) is 5.16. The molecule has 3 nitrogen and oxygen atoms in total. The lowest BCUT2D eigenvalue weighted by molar-refractivity contribution is -0.137. The highest BCUT2D eigenvalue weighted by Gasteiger charge is 2.46. The molecule has 0 radical (unpaired) electrons. The number of β-amino-alcohol motifs (C(OH)–C–C–N with tert-alkyl or cyclic N) is 1. The van der Waals surface area contributed by atoms with E-state index >= 15 is 0 Å². The molecule has 0 unspecified atom stereocenters. The molecule has 2 aromatic rings. The third kappa shape index (κ3) is 5.50. The van der Waals surface area contributed by atoms with Crippen LogP contribution in [-0.2, 0) is 11.6 Å². The number of hydrogen-bond acceptors (Lipinski definition) is 3. The summed E-state index contributed by atoms with van der Waals surface area (Å²) >= 11 is 6.06. The third-order valence-corrected chi connectivity index (χ3v) is 7.74. The molecule has 1 N–H and O–H groups in total. The van der Waals surface area contributed by atoms with Crippen molar-refractivity contribution < 1.29 is 23.0 Å². The molecule has 33 heavy (non-hydrogen) atoms. The van der Waals surface area contributed by atoms with E-state index < -0.39 is 17.8 Å². The second-order valence-electron chi connectivity index (χ2n) is 9.61. The second kappa shape index (κ2) is 9.85. The van der Waals surface area contributed by atoms with E-state index in [2.05, 4.69) is 11.8 Å². The van der Waals surface area contributed by atoms with Crippen LogP contribution in [0, 0.1) is 5.92 Å². The zero-order valence-electron chi connectivity index (χ0n) is 18.8. The Kier molecular flexibility index (Phi) is 7.27. The predicted octanol–water partition coefficient (Wildman–Crippen LogP) is 6.32. The molecule has 180 valence electrons. The molecule has 0 amide bonds. The topological polar surface area (TPSA) is 32.7 Å². The normalized spacial score (nSPS) is 24.2. The van der Waals surface area contributed by atoms with Gasteiger partial charge in [-0.25, -0.2) is 0 Å². The van der Waals surface area contributed by atoms with E-state index in [9.17, 15) is 18.3 Å². The molecule has 1 saturated carbocycles. The van der Waals surface area contributed by atoms with Crippen LogP contribution in [0.5, 0.6) is 5.75 Å². The number of hydrogen-bond donors (Lipinski definition) is 1. The fraction of sp³-hybridized carbons (Fsp3) is 0.538. The van der Waals surface area contributed by atoms with E-state index in [-0.39, 0.29) is 11.3 Å². The molecule has 1 heterocycles. The number of nitrogens with zero attached hydrogens (tertiary/aromatic N) is 1. The maximum atomic E-state index is 12.7. The van der Waals surface area contributed by atoms with Gasteiger partial charge in [-0.2, -0.15) is 13.2 Å². The summed E-state index contributed by atoms with van der Waals surface area (Å²) in [5, 5.41) is 12.0. The van der Waals surface area contributed by atoms with Gasteiger partial charge in [-0.15, -0.1) is 0 Å². The number of aliphatic hydroxyl groups is 1. The quantitative estimate of drug-likeness (QED) is 0.502. The van der Waals surface area contributed by atoms with Crippen molar-refractivity contribution >= 4 is 11.6 Å². The van der Waals surface area contributed by atoms with Gasteiger partial charge in [-0.05, 0) is 74.6 Å². The Morgan fingerprint density at radius 1 is 1.09 bits per heavy atom. The van der Waals surface area contributed by atoms with Gasteiger partial charge in [0.25, 0.3) is 0 Å². The van der Waals surface area contributed by atoms with Gasteiger partial charge in [-0.1, -0.05) is 30.2 Å². The highest BCUT2D eigenvalue weighted by molar-refractivity contribution is 6.30. The van der Waals surface area contributed by atoms with E-state index in [0.29, 0.717) is 30.0 Å². The Balaban J connectivity index is 1.35. The molecular formula is C26H31ClF3NO2. The fourth-order valence-corrected chi connectivity index (χ4v) is 5.28.